The van der Waals surface area contributed by atoms with E-state index in [1.54, 1.807) is 17.8 Å². The van der Waals surface area contributed by atoms with E-state index in [1.165, 1.54) is 16.9 Å². The summed E-state index contributed by atoms with van der Waals surface area (Å²) >= 11 is 8.86. The van der Waals surface area contributed by atoms with Crippen molar-refractivity contribution in [3.05, 3.63) is 51.2 Å². The van der Waals surface area contributed by atoms with Gasteiger partial charge in [-0.15, -0.1) is 23.1 Å². The first-order chi connectivity index (χ1) is 8.16. The Morgan fingerprint density at radius 2 is 2.00 bits per heavy atom. The van der Waals surface area contributed by atoms with Crippen molar-refractivity contribution in [1.29, 1.82) is 0 Å². The molecule has 0 aliphatic rings. The van der Waals surface area contributed by atoms with E-state index < -0.39 is 0 Å². The van der Waals surface area contributed by atoms with Crippen molar-refractivity contribution in [2.75, 3.05) is 5.75 Å². The third-order valence-corrected chi connectivity index (χ3v) is 4.66. The number of rotatable bonds is 4. The van der Waals surface area contributed by atoms with Crippen molar-refractivity contribution in [1.82, 2.24) is 0 Å². The molecule has 0 aliphatic carbocycles. The molecule has 0 saturated carbocycles. The van der Waals surface area contributed by atoms with Gasteiger partial charge >= 0.3 is 0 Å². The van der Waals surface area contributed by atoms with Crippen molar-refractivity contribution in [3.63, 3.8) is 0 Å². The number of Topliss-reactive ketones (excluding diaryl/α,β-unsaturated/α-hetero) is 1. The zero-order valence-electron chi connectivity index (χ0n) is 9.27. The summed E-state index contributed by atoms with van der Waals surface area (Å²) in [4.78, 5) is 13.6. The number of ketones is 1. The second-order valence-corrected chi connectivity index (χ2v) is 5.99. The second kappa shape index (κ2) is 5.71. The lowest BCUT2D eigenvalue weighted by Gasteiger charge is -2.01. The van der Waals surface area contributed by atoms with Crippen molar-refractivity contribution >= 4 is 40.5 Å². The van der Waals surface area contributed by atoms with Crippen LogP contribution in [0.5, 0.6) is 0 Å². The minimum atomic E-state index is 0.0931. The summed E-state index contributed by atoms with van der Waals surface area (Å²) in [6.45, 7) is 2.05. The number of aryl methyl sites for hydroxylation is 1. The van der Waals surface area contributed by atoms with E-state index in [2.05, 4.69) is 0 Å². The molecule has 0 N–H and O–H groups in total. The molecule has 88 valence electrons. The highest BCUT2D eigenvalue weighted by Crippen LogP contribution is 2.26. The highest BCUT2D eigenvalue weighted by atomic mass is 35.5. The van der Waals surface area contributed by atoms with Crippen molar-refractivity contribution < 1.29 is 4.79 Å². The zero-order chi connectivity index (χ0) is 12.3. The van der Waals surface area contributed by atoms with E-state index in [9.17, 15) is 4.79 Å². The van der Waals surface area contributed by atoms with Crippen LogP contribution in [0.2, 0.25) is 5.02 Å². The minimum absolute atomic E-state index is 0.0931. The number of carbonyl (C=O) groups excluding carboxylic acids is 1. The summed E-state index contributed by atoms with van der Waals surface area (Å²) in [5.41, 5.74) is 1.22. The van der Waals surface area contributed by atoms with Crippen LogP contribution < -0.4 is 0 Å². The van der Waals surface area contributed by atoms with Crippen molar-refractivity contribution in [3.8, 4) is 0 Å². The van der Waals surface area contributed by atoms with Crippen LogP contribution in [-0.4, -0.2) is 11.5 Å². The predicted octanol–water partition coefficient (Wildman–Crippen LogP) is 4.68. The first-order valence-corrected chi connectivity index (χ1v) is 7.37. The summed E-state index contributed by atoms with van der Waals surface area (Å²) in [5, 5.41) is 2.40. The Labute approximate surface area is 114 Å². The molecule has 2 aromatic rings. The van der Waals surface area contributed by atoms with Crippen LogP contribution in [0.25, 0.3) is 0 Å². The summed E-state index contributed by atoms with van der Waals surface area (Å²) in [6, 6.07) is 9.92. The summed E-state index contributed by atoms with van der Waals surface area (Å²) in [6.07, 6.45) is 0. The summed E-state index contributed by atoms with van der Waals surface area (Å²) in [7, 11) is 0. The Bertz CT molecular complexity index is 516. The molecule has 0 amide bonds. The molecule has 1 aromatic heterocycles. The molecule has 0 unspecified atom stereocenters. The molecule has 1 nitrogen and oxygen atoms in total. The Hall–Kier alpha value is -0.770. The monoisotopic (exact) mass is 282 g/mol. The van der Waals surface area contributed by atoms with Crippen LogP contribution in [0.3, 0.4) is 0 Å². The van der Waals surface area contributed by atoms with Gasteiger partial charge in [0.15, 0.2) is 5.78 Å². The van der Waals surface area contributed by atoms with E-state index >= 15 is 0 Å². The minimum Gasteiger partial charge on any atom is -0.292 e. The average molecular weight is 283 g/mol. The molecular weight excluding hydrogens is 272 g/mol. The molecule has 1 heterocycles. The van der Waals surface area contributed by atoms with E-state index in [4.69, 9.17) is 11.6 Å². The fourth-order valence-electron chi connectivity index (χ4n) is 1.34. The Balaban J connectivity index is 1.97. The van der Waals surface area contributed by atoms with Gasteiger partial charge in [-0.05, 0) is 30.5 Å². The van der Waals surface area contributed by atoms with Gasteiger partial charge in [0, 0.05) is 4.90 Å². The third kappa shape index (κ3) is 3.35. The standard InChI is InChI=1S/C13H11ClOS2/c1-9-2-4-10(5-3-9)17-8-12(15)13-11(14)6-7-16-13/h2-7H,8H2,1H3. The average Bonchev–Trinajstić information content (AvgIpc) is 2.74. The van der Waals surface area contributed by atoms with Gasteiger partial charge in [0.2, 0.25) is 0 Å². The van der Waals surface area contributed by atoms with Gasteiger partial charge < -0.3 is 0 Å². The van der Waals surface area contributed by atoms with Gasteiger partial charge in [0.25, 0.3) is 0 Å². The van der Waals surface area contributed by atoms with Crippen LogP contribution in [0.15, 0.2) is 40.6 Å². The fraction of sp³-hybridized carbons (Fsp3) is 0.154. The van der Waals surface area contributed by atoms with Gasteiger partial charge in [-0.25, -0.2) is 0 Å². The molecule has 2 rings (SSSR count). The van der Waals surface area contributed by atoms with Crippen molar-refractivity contribution in [2.45, 2.75) is 11.8 Å². The maximum Gasteiger partial charge on any atom is 0.184 e. The maximum absolute atomic E-state index is 11.9. The first kappa shape index (κ1) is 12.7. The van der Waals surface area contributed by atoms with Crippen LogP contribution in [0.4, 0.5) is 0 Å². The molecule has 0 radical (unpaired) electrons. The quantitative estimate of drug-likeness (QED) is 0.598. The molecule has 0 spiro atoms. The number of benzene rings is 1. The van der Waals surface area contributed by atoms with E-state index in [0.717, 1.165) is 4.90 Å². The number of carbonyl (C=O) groups is 1. The lowest BCUT2D eigenvalue weighted by molar-refractivity contribution is 0.102. The Morgan fingerprint density at radius 1 is 1.29 bits per heavy atom. The number of hydrogen-bond donors (Lipinski definition) is 0. The zero-order valence-corrected chi connectivity index (χ0v) is 11.7. The number of thiophene rings is 1. The topological polar surface area (TPSA) is 17.1 Å². The lowest BCUT2D eigenvalue weighted by atomic mass is 10.2. The summed E-state index contributed by atoms with van der Waals surface area (Å²) < 4.78 is 0. The predicted molar refractivity (Wildman–Crippen MR) is 75.6 cm³/mol. The second-order valence-electron chi connectivity index (χ2n) is 3.62. The number of halogens is 1. The Morgan fingerprint density at radius 3 is 2.59 bits per heavy atom. The lowest BCUT2D eigenvalue weighted by Crippen LogP contribution is -1.99. The van der Waals surface area contributed by atoms with Gasteiger partial charge in [-0.1, -0.05) is 29.3 Å². The number of hydrogen-bond acceptors (Lipinski definition) is 3. The van der Waals surface area contributed by atoms with Gasteiger partial charge in [-0.2, -0.15) is 0 Å². The van der Waals surface area contributed by atoms with E-state index in [0.29, 0.717) is 15.7 Å². The first-order valence-electron chi connectivity index (χ1n) is 5.12. The smallest absolute Gasteiger partial charge is 0.184 e. The molecule has 0 atom stereocenters. The van der Waals surface area contributed by atoms with Crippen LogP contribution in [0.1, 0.15) is 15.2 Å². The SMILES string of the molecule is Cc1ccc(SCC(=O)c2sccc2Cl)cc1. The van der Waals surface area contributed by atoms with Gasteiger partial charge in [-0.3, -0.25) is 4.79 Å². The summed E-state index contributed by atoms with van der Waals surface area (Å²) in [5.74, 6) is 0.527. The van der Waals surface area contributed by atoms with E-state index in [1.807, 2.05) is 36.6 Å². The van der Waals surface area contributed by atoms with Crippen LogP contribution in [-0.2, 0) is 0 Å². The van der Waals surface area contributed by atoms with E-state index in [-0.39, 0.29) is 5.78 Å². The number of thioether (sulfide) groups is 1. The third-order valence-electron chi connectivity index (χ3n) is 2.26. The molecule has 0 aliphatic heterocycles. The molecule has 4 heteroatoms. The van der Waals surface area contributed by atoms with Crippen molar-refractivity contribution in [2.24, 2.45) is 0 Å². The molecule has 0 fully saturated rings. The van der Waals surface area contributed by atoms with Gasteiger partial charge in [0.1, 0.15) is 0 Å². The Kier molecular flexibility index (Phi) is 4.26. The maximum atomic E-state index is 11.9. The molecule has 1 aromatic carbocycles. The molecule has 17 heavy (non-hydrogen) atoms. The van der Waals surface area contributed by atoms with Crippen LogP contribution in [0, 0.1) is 6.92 Å². The normalized spacial score (nSPS) is 10.5. The highest BCUT2D eigenvalue weighted by Gasteiger charge is 2.11. The fourth-order valence-corrected chi connectivity index (χ4v) is 3.30. The highest BCUT2D eigenvalue weighted by molar-refractivity contribution is 8.00. The molecular formula is C13H11ClOS2. The molecule has 0 saturated heterocycles. The van der Waals surface area contributed by atoms with Gasteiger partial charge in [0.05, 0.1) is 15.7 Å². The largest absolute Gasteiger partial charge is 0.292 e. The van der Waals surface area contributed by atoms with Crippen LogP contribution >= 0.6 is 34.7 Å². The molecule has 0 bridgehead atoms.